The second-order valence-corrected chi connectivity index (χ2v) is 6.85. The summed E-state index contributed by atoms with van der Waals surface area (Å²) in [7, 11) is 0. The van der Waals surface area contributed by atoms with Crippen molar-refractivity contribution in [2.45, 2.75) is 13.2 Å². The number of carbonyl (C=O) groups excluding carboxylic acids is 1. The van der Waals surface area contributed by atoms with Crippen LogP contribution in [0, 0.1) is 15.9 Å². The van der Waals surface area contributed by atoms with E-state index in [1.807, 2.05) is 0 Å². The van der Waals surface area contributed by atoms with Crippen molar-refractivity contribution in [1.82, 2.24) is 4.98 Å². The number of hydrogen-bond donors (Lipinski definition) is 0. The lowest BCUT2D eigenvalue weighted by molar-refractivity contribution is -0.385. The minimum atomic E-state index is -0.847. The predicted octanol–water partition coefficient (Wildman–Crippen LogP) is 4.78. The van der Waals surface area contributed by atoms with Gasteiger partial charge >= 0.3 is 5.97 Å². The molecule has 0 N–H and O–H groups in total. The van der Waals surface area contributed by atoms with Crippen molar-refractivity contribution in [3.05, 3.63) is 85.1 Å². The highest BCUT2D eigenvalue weighted by Gasteiger charge is 2.22. The maximum atomic E-state index is 12.9. The van der Waals surface area contributed by atoms with E-state index in [2.05, 4.69) is 4.98 Å². The number of thiazole rings is 1. The molecule has 7 nitrogen and oxygen atoms in total. The molecule has 3 aromatic rings. The first-order valence-electron chi connectivity index (χ1n) is 7.85. The maximum absolute atomic E-state index is 12.9. The molecule has 0 atom stereocenters. The molecule has 1 aromatic heterocycles. The van der Waals surface area contributed by atoms with Gasteiger partial charge in [0.15, 0.2) is 0 Å². The Hall–Kier alpha value is -3.04. The topological polar surface area (TPSA) is 91.6 Å². The lowest BCUT2D eigenvalue weighted by Gasteiger charge is -2.04. The van der Waals surface area contributed by atoms with Crippen LogP contribution < -0.4 is 4.74 Å². The SMILES string of the molecule is O=C(OCc1csc(COc2ccc(F)cc2)n1)c1ccc(Cl)cc1[N+](=O)[O-]. The van der Waals surface area contributed by atoms with Crippen LogP contribution in [0.15, 0.2) is 47.8 Å². The van der Waals surface area contributed by atoms with Gasteiger partial charge in [-0.2, -0.15) is 0 Å². The van der Waals surface area contributed by atoms with Gasteiger partial charge in [-0.15, -0.1) is 11.3 Å². The van der Waals surface area contributed by atoms with Gasteiger partial charge in [0.25, 0.3) is 5.69 Å². The number of aromatic nitrogens is 1. The van der Waals surface area contributed by atoms with Crippen molar-refractivity contribution < 1.29 is 23.6 Å². The highest BCUT2D eigenvalue weighted by molar-refractivity contribution is 7.09. The summed E-state index contributed by atoms with van der Waals surface area (Å²) in [5, 5.41) is 13.5. The smallest absolute Gasteiger partial charge is 0.345 e. The second kappa shape index (κ2) is 8.77. The van der Waals surface area contributed by atoms with Gasteiger partial charge in [0.2, 0.25) is 0 Å². The fraction of sp³-hybridized carbons (Fsp3) is 0.111. The molecule has 0 amide bonds. The average Bonchev–Trinajstić information content (AvgIpc) is 3.13. The molecule has 0 unspecified atom stereocenters. The van der Waals surface area contributed by atoms with Gasteiger partial charge in [0, 0.05) is 16.5 Å². The summed E-state index contributed by atoms with van der Waals surface area (Å²) in [5.74, 6) is -0.702. The largest absolute Gasteiger partial charge is 0.486 e. The van der Waals surface area contributed by atoms with E-state index in [1.165, 1.54) is 47.7 Å². The number of esters is 1. The van der Waals surface area contributed by atoms with Crippen molar-refractivity contribution >= 4 is 34.6 Å². The summed E-state index contributed by atoms with van der Waals surface area (Å²) < 4.78 is 23.5. The van der Waals surface area contributed by atoms with Gasteiger partial charge in [-0.25, -0.2) is 14.2 Å². The highest BCUT2D eigenvalue weighted by atomic mass is 35.5. The quantitative estimate of drug-likeness (QED) is 0.309. The third-order valence-corrected chi connectivity index (χ3v) is 4.61. The van der Waals surface area contributed by atoms with E-state index in [4.69, 9.17) is 21.1 Å². The molecule has 0 aliphatic rings. The van der Waals surface area contributed by atoms with E-state index < -0.39 is 16.6 Å². The third kappa shape index (κ3) is 5.02. The van der Waals surface area contributed by atoms with Gasteiger partial charge in [0.1, 0.15) is 35.4 Å². The van der Waals surface area contributed by atoms with Crippen LogP contribution in [0.5, 0.6) is 5.75 Å². The monoisotopic (exact) mass is 422 g/mol. The molecule has 28 heavy (non-hydrogen) atoms. The Morgan fingerprint density at radius 2 is 1.96 bits per heavy atom. The lowest BCUT2D eigenvalue weighted by Crippen LogP contribution is -2.08. The van der Waals surface area contributed by atoms with Crippen molar-refractivity contribution in [1.29, 1.82) is 0 Å². The molecular weight excluding hydrogens is 411 g/mol. The summed E-state index contributed by atoms with van der Waals surface area (Å²) in [6.07, 6.45) is 0. The summed E-state index contributed by atoms with van der Waals surface area (Å²) in [5.41, 5.74) is -0.138. The number of benzene rings is 2. The van der Waals surface area contributed by atoms with E-state index in [-0.39, 0.29) is 29.6 Å². The Morgan fingerprint density at radius 3 is 2.68 bits per heavy atom. The Morgan fingerprint density at radius 1 is 1.21 bits per heavy atom. The van der Waals surface area contributed by atoms with Crippen LogP contribution >= 0.6 is 22.9 Å². The first-order valence-corrected chi connectivity index (χ1v) is 9.11. The molecule has 0 aliphatic heterocycles. The highest BCUT2D eigenvalue weighted by Crippen LogP contribution is 2.24. The zero-order chi connectivity index (χ0) is 20.1. The van der Waals surface area contributed by atoms with E-state index in [1.54, 1.807) is 5.38 Å². The molecule has 0 bridgehead atoms. The van der Waals surface area contributed by atoms with Crippen molar-refractivity contribution in [3.8, 4) is 5.75 Å². The van der Waals surface area contributed by atoms with E-state index in [0.717, 1.165) is 6.07 Å². The summed E-state index contributed by atoms with van der Waals surface area (Å²) in [4.78, 5) is 26.8. The minimum absolute atomic E-state index is 0.147. The first kappa shape index (κ1) is 19.7. The normalized spacial score (nSPS) is 10.5. The number of ether oxygens (including phenoxy) is 2. The molecule has 3 rings (SSSR count). The van der Waals surface area contributed by atoms with Gasteiger partial charge in [-0.3, -0.25) is 10.1 Å². The second-order valence-electron chi connectivity index (χ2n) is 5.47. The summed E-state index contributed by atoms with van der Waals surface area (Å²) >= 11 is 7.03. The van der Waals surface area contributed by atoms with E-state index in [9.17, 15) is 19.3 Å². The molecule has 0 aliphatic carbocycles. The zero-order valence-corrected chi connectivity index (χ0v) is 15.7. The number of nitro benzene ring substituents is 1. The molecule has 2 aromatic carbocycles. The van der Waals surface area contributed by atoms with Crippen LogP contribution in [-0.2, 0) is 18.0 Å². The van der Waals surface area contributed by atoms with Crippen molar-refractivity contribution in [2.24, 2.45) is 0 Å². The average molecular weight is 423 g/mol. The van der Waals surface area contributed by atoms with Crippen molar-refractivity contribution in [3.63, 3.8) is 0 Å². The predicted molar refractivity (Wildman–Crippen MR) is 100 cm³/mol. The number of carbonyl (C=O) groups is 1. The maximum Gasteiger partial charge on any atom is 0.345 e. The minimum Gasteiger partial charge on any atom is -0.486 e. The molecule has 0 saturated heterocycles. The summed E-state index contributed by atoms with van der Waals surface area (Å²) in [6.45, 7) is 0.0264. The number of rotatable bonds is 7. The molecule has 0 radical (unpaired) electrons. The summed E-state index contributed by atoms with van der Waals surface area (Å²) in [6, 6.07) is 9.29. The number of hydrogen-bond acceptors (Lipinski definition) is 7. The molecule has 144 valence electrons. The van der Waals surface area contributed by atoms with E-state index in [0.29, 0.717) is 16.5 Å². The van der Waals surface area contributed by atoms with E-state index >= 15 is 0 Å². The zero-order valence-electron chi connectivity index (χ0n) is 14.1. The molecule has 0 spiro atoms. The lowest BCUT2D eigenvalue weighted by atomic mass is 10.2. The van der Waals surface area contributed by atoms with Crippen molar-refractivity contribution in [2.75, 3.05) is 0 Å². The Balaban J connectivity index is 1.57. The van der Waals surface area contributed by atoms with Crippen LogP contribution in [0.2, 0.25) is 5.02 Å². The number of nitro groups is 1. The number of halogens is 2. The Kier molecular flexibility index (Phi) is 6.17. The van der Waals surface area contributed by atoms with Crippen LogP contribution in [0.1, 0.15) is 21.1 Å². The van der Waals surface area contributed by atoms with Crippen LogP contribution in [0.3, 0.4) is 0 Å². The van der Waals surface area contributed by atoms with Gasteiger partial charge < -0.3 is 9.47 Å². The van der Waals surface area contributed by atoms with Gasteiger partial charge in [-0.1, -0.05) is 11.6 Å². The Labute approximate surface area is 167 Å². The number of nitrogens with zero attached hydrogens (tertiary/aromatic N) is 2. The fourth-order valence-corrected chi connectivity index (χ4v) is 3.06. The molecular formula is C18H12ClFN2O5S. The van der Waals surface area contributed by atoms with Gasteiger partial charge in [0.05, 0.1) is 10.6 Å². The molecule has 10 heteroatoms. The third-order valence-electron chi connectivity index (χ3n) is 3.50. The molecule has 0 saturated carbocycles. The molecule has 0 fully saturated rings. The van der Waals surface area contributed by atoms with Crippen LogP contribution in [0.4, 0.5) is 10.1 Å². The fourth-order valence-electron chi connectivity index (χ4n) is 2.20. The molecule has 1 heterocycles. The first-order chi connectivity index (χ1) is 13.4. The standard InChI is InChI=1S/C18H12ClFN2O5S/c19-11-1-6-15(16(7-11)22(24)25)18(23)27-8-13-10-28-17(21-13)9-26-14-4-2-12(20)3-5-14/h1-7,10H,8-9H2. The van der Waals surface area contributed by atoms with Crippen LogP contribution in [0.25, 0.3) is 0 Å². The Bertz CT molecular complexity index is 1010. The van der Waals surface area contributed by atoms with Crippen LogP contribution in [-0.4, -0.2) is 15.9 Å². The van der Waals surface area contributed by atoms with Gasteiger partial charge in [-0.05, 0) is 36.4 Å².